The number of anilines is 1. The summed E-state index contributed by atoms with van der Waals surface area (Å²) in [5.74, 6) is -0.962. The molecular weight excluding hydrogens is 380 g/mol. The highest BCUT2D eigenvalue weighted by molar-refractivity contribution is 6.23. The van der Waals surface area contributed by atoms with Crippen LogP contribution in [0.4, 0.5) is 5.69 Å². The monoisotopic (exact) mass is 404 g/mol. The van der Waals surface area contributed by atoms with Crippen molar-refractivity contribution in [2.24, 2.45) is 17.3 Å². The molecule has 30 heavy (non-hydrogen) atoms. The number of hydrogen-bond acceptors (Lipinski definition) is 4. The zero-order valence-corrected chi connectivity index (χ0v) is 17.5. The highest BCUT2D eigenvalue weighted by Gasteiger charge is 2.68. The Morgan fingerprint density at radius 1 is 0.900 bits per heavy atom. The lowest BCUT2D eigenvalue weighted by Gasteiger charge is -2.32. The molecule has 0 N–H and O–H groups in total. The summed E-state index contributed by atoms with van der Waals surface area (Å²) in [5, 5.41) is 0. The zero-order chi connectivity index (χ0) is 21.4. The van der Waals surface area contributed by atoms with E-state index in [1.165, 1.54) is 4.90 Å². The quantitative estimate of drug-likeness (QED) is 0.719. The van der Waals surface area contributed by atoms with Gasteiger partial charge < -0.3 is 9.64 Å². The molecule has 3 amide bonds. The minimum Gasteiger partial charge on any atom is -0.497 e. The number of nitrogens with zero attached hydrogens (tertiary/aromatic N) is 2. The van der Waals surface area contributed by atoms with Crippen molar-refractivity contribution in [3.05, 3.63) is 59.7 Å². The number of benzene rings is 2. The molecule has 0 saturated carbocycles. The van der Waals surface area contributed by atoms with E-state index in [1.807, 2.05) is 57.2 Å². The van der Waals surface area contributed by atoms with E-state index in [2.05, 4.69) is 0 Å². The van der Waals surface area contributed by atoms with Gasteiger partial charge in [-0.05, 0) is 35.4 Å². The van der Waals surface area contributed by atoms with Gasteiger partial charge in [0.25, 0.3) is 0 Å². The standard InChI is InChI=1S/C24H24N2O4/c1-24(2,3)23(29)26-19-15-11-10-14(30-4)12-16(15)20(26)18-17(19)21(27)25(22(18)28)13-8-6-5-7-9-13/h5-12,17-20H,1-4H3. The third-order valence-corrected chi connectivity index (χ3v) is 6.50. The molecular formula is C24H24N2O4. The molecule has 2 fully saturated rings. The van der Waals surface area contributed by atoms with Crippen LogP contribution in [0.15, 0.2) is 48.5 Å². The van der Waals surface area contributed by atoms with Gasteiger partial charge in [0.2, 0.25) is 17.7 Å². The lowest BCUT2D eigenvalue weighted by Crippen LogP contribution is -2.42. The van der Waals surface area contributed by atoms with Gasteiger partial charge in [0.05, 0.1) is 36.7 Å². The Labute approximate surface area is 175 Å². The van der Waals surface area contributed by atoms with Crippen molar-refractivity contribution in [3.8, 4) is 5.75 Å². The van der Waals surface area contributed by atoms with Crippen LogP contribution in [0.3, 0.4) is 0 Å². The van der Waals surface area contributed by atoms with Crippen LogP contribution in [0.1, 0.15) is 44.0 Å². The molecule has 2 bridgehead atoms. The van der Waals surface area contributed by atoms with Crippen molar-refractivity contribution >= 4 is 23.4 Å². The van der Waals surface area contributed by atoms with Crippen molar-refractivity contribution in [2.75, 3.05) is 12.0 Å². The number of hydrogen-bond donors (Lipinski definition) is 0. The van der Waals surface area contributed by atoms with Gasteiger partial charge in [-0.1, -0.05) is 45.0 Å². The molecule has 6 heteroatoms. The van der Waals surface area contributed by atoms with Crippen LogP contribution in [0.5, 0.6) is 5.75 Å². The summed E-state index contributed by atoms with van der Waals surface area (Å²) < 4.78 is 5.39. The lowest BCUT2D eigenvalue weighted by atomic mass is 9.77. The average molecular weight is 404 g/mol. The number of para-hydroxylation sites is 1. The summed E-state index contributed by atoms with van der Waals surface area (Å²) >= 11 is 0. The van der Waals surface area contributed by atoms with Gasteiger partial charge in [0.1, 0.15) is 5.75 Å². The molecule has 0 aliphatic carbocycles. The van der Waals surface area contributed by atoms with Gasteiger partial charge >= 0.3 is 0 Å². The molecule has 3 aliphatic rings. The van der Waals surface area contributed by atoms with E-state index < -0.39 is 29.3 Å². The summed E-state index contributed by atoms with van der Waals surface area (Å²) in [6, 6.07) is 13.8. The topological polar surface area (TPSA) is 66.9 Å². The predicted molar refractivity (Wildman–Crippen MR) is 111 cm³/mol. The van der Waals surface area contributed by atoms with Crippen LogP contribution in [-0.2, 0) is 14.4 Å². The van der Waals surface area contributed by atoms with Crippen LogP contribution in [0.2, 0.25) is 0 Å². The van der Waals surface area contributed by atoms with Gasteiger partial charge in [-0.25, -0.2) is 4.90 Å². The predicted octanol–water partition coefficient (Wildman–Crippen LogP) is 3.49. The molecule has 0 radical (unpaired) electrons. The van der Waals surface area contributed by atoms with E-state index in [-0.39, 0.29) is 17.7 Å². The number of rotatable bonds is 2. The zero-order valence-electron chi connectivity index (χ0n) is 17.5. The third-order valence-electron chi connectivity index (χ3n) is 6.50. The van der Waals surface area contributed by atoms with Crippen LogP contribution in [0, 0.1) is 17.3 Å². The van der Waals surface area contributed by atoms with Crippen LogP contribution in [0.25, 0.3) is 0 Å². The molecule has 3 aliphatic heterocycles. The fourth-order valence-corrected chi connectivity index (χ4v) is 5.26. The molecule has 0 spiro atoms. The Balaban J connectivity index is 1.65. The Kier molecular flexibility index (Phi) is 3.88. The maximum absolute atomic E-state index is 13.5. The molecule has 2 saturated heterocycles. The number of ether oxygens (including phenoxy) is 1. The van der Waals surface area contributed by atoms with E-state index in [1.54, 1.807) is 24.1 Å². The number of methoxy groups -OCH3 is 1. The fraction of sp³-hybridized carbons (Fsp3) is 0.375. The second kappa shape index (κ2) is 6.17. The summed E-state index contributed by atoms with van der Waals surface area (Å²) in [6.45, 7) is 5.61. The highest BCUT2D eigenvalue weighted by Crippen LogP contribution is 2.63. The first-order valence-electron chi connectivity index (χ1n) is 10.2. The minimum atomic E-state index is -0.619. The summed E-state index contributed by atoms with van der Waals surface area (Å²) in [4.78, 5) is 43.5. The van der Waals surface area contributed by atoms with Crippen molar-refractivity contribution in [1.29, 1.82) is 0 Å². The highest BCUT2D eigenvalue weighted by atomic mass is 16.5. The van der Waals surface area contributed by atoms with Crippen LogP contribution < -0.4 is 9.64 Å². The van der Waals surface area contributed by atoms with E-state index in [9.17, 15) is 14.4 Å². The van der Waals surface area contributed by atoms with Gasteiger partial charge in [-0.15, -0.1) is 0 Å². The van der Waals surface area contributed by atoms with Gasteiger partial charge in [0.15, 0.2) is 0 Å². The van der Waals surface area contributed by atoms with Crippen LogP contribution >= 0.6 is 0 Å². The van der Waals surface area contributed by atoms with E-state index in [0.717, 1.165) is 11.1 Å². The van der Waals surface area contributed by atoms with Crippen molar-refractivity contribution in [3.63, 3.8) is 0 Å². The van der Waals surface area contributed by atoms with E-state index in [0.29, 0.717) is 11.4 Å². The molecule has 6 nitrogen and oxygen atoms in total. The Bertz CT molecular complexity index is 1070. The first-order chi connectivity index (χ1) is 14.3. The van der Waals surface area contributed by atoms with E-state index in [4.69, 9.17) is 4.74 Å². The largest absolute Gasteiger partial charge is 0.497 e. The third kappa shape index (κ3) is 2.33. The number of carbonyl (C=O) groups excluding carboxylic acids is 3. The summed E-state index contributed by atoms with van der Waals surface area (Å²) in [7, 11) is 1.59. The molecule has 4 atom stereocenters. The number of carbonyl (C=O) groups is 3. The minimum absolute atomic E-state index is 0.0473. The lowest BCUT2D eigenvalue weighted by molar-refractivity contribution is -0.143. The number of fused-ring (bicyclic) bond motifs is 8. The first-order valence-corrected chi connectivity index (χ1v) is 10.2. The average Bonchev–Trinajstić information content (AvgIpc) is 3.32. The second-order valence-electron chi connectivity index (χ2n) is 9.25. The van der Waals surface area contributed by atoms with Gasteiger partial charge in [-0.2, -0.15) is 0 Å². The van der Waals surface area contributed by atoms with Gasteiger partial charge in [-0.3, -0.25) is 14.4 Å². The normalized spacial score (nSPS) is 26.8. The fourth-order valence-electron chi connectivity index (χ4n) is 5.26. The van der Waals surface area contributed by atoms with Crippen LogP contribution in [-0.4, -0.2) is 29.7 Å². The molecule has 3 heterocycles. The second-order valence-corrected chi connectivity index (χ2v) is 9.25. The van der Waals surface area contributed by atoms with Crippen molar-refractivity contribution in [1.82, 2.24) is 4.90 Å². The van der Waals surface area contributed by atoms with Gasteiger partial charge in [0, 0.05) is 5.41 Å². The summed E-state index contributed by atoms with van der Waals surface area (Å²) in [5.41, 5.74) is 1.81. The maximum atomic E-state index is 13.5. The molecule has 4 unspecified atom stereocenters. The maximum Gasteiger partial charge on any atom is 0.240 e. The molecule has 2 aromatic carbocycles. The SMILES string of the molecule is COc1ccc2c(c1)C1C3C(=O)N(c4ccccc4)C(=O)C3C2N1C(=O)C(C)(C)C. The van der Waals surface area contributed by atoms with Crippen molar-refractivity contribution in [2.45, 2.75) is 32.9 Å². The first kappa shape index (κ1) is 18.9. The molecule has 154 valence electrons. The number of imide groups is 1. The number of amides is 3. The molecule has 5 rings (SSSR count). The smallest absolute Gasteiger partial charge is 0.240 e. The Morgan fingerprint density at radius 3 is 2.07 bits per heavy atom. The van der Waals surface area contributed by atoms with E-state index >= 15 is 0 Å². The summed E-state index contributed by atoms with van der Waals surface area (Å²) in [6.07, 6.45) is 0. The Morgan fingerprint density at radius 2 is 1.50 bits per heavy atom. The Hall–Kier alpha value is -3.15. The molecule has 2 aromatic rings. The van der Waals surface area contributed by atoms with Crippen molar-refractivity contribution < 1.29 is 19.1 Å². The molecule has 0 aromatic heterocycles.